The lowest BCUT2D eigenvalue weighted by Gasteiger charge is -2.17. The summed E-state index contributed by atoms with van der Waals surface area (Å²) < 4.78 is 52.0. The van der Waals surface area contributed by atoms with Crippen molar-refractivity contribution in [3.8, 4) is 5.75 Å². The van der Waals surface area contributed by atoms with E-state index in [9.17, 15) is 22.0 Å². The van der Waals surface area contributed by atoms with Gasteiger partial charge in [-0.1, -0.05) is 0 Å². The number of carbonyl (C=O) groups is 1. The number of nitrogens with zero attached hydrogens (tertiary/aromatic N) is 1. The molecular formula is C12H14ClF2NO4S. The molecule has 1 aromatic rings. The van der Waals surface area contributed by atoms with Gasteiger partial charge in [0.2, 0.25) is 5.91 Å². The monoisotopic (exact) mass is 341 g/mol. The lowest BCUT2D eigenvalue weighted by atomic mass is 10.1. The minimum absolute atomic E-state index is 0.190. The summed E-state index contributed by atoms with van der Waals surface area (Å²) in [7, 11) is 3.86. The number of alkyl halides is 2. The van der Waals surface area contributed by atoms with Crippen LogP contribution < -0.4 is 4.74 Å². The first kappa shape index (κ1) is 17.6. The van der Waals surface area contributed by atoms with E-state index in [0.717, 1.165) is 4.90 Å². The summed E-state index contributed by atoms with van der Waals surface area (Å²) in [6.45, 7) is -0.700. The fourth-order valence-electron chi connectivity index (χ4n) is 1.65. The Kier molecular flexibility index (Phi) is 5.91. The van der Waals surface area contributed by atoms with E-state index < -0.39 is 27.9 Å². The molecule has 0 fully saturated rings. The van der Waals surface area contributed by atoms with Gasteiger partial charge in [0.25, 0.3) is 15.5 Å². The van der Waals surface area contributed by atoms with Gasteiger partial charge in [0.1, 0.15) is 5.75 Å². The molecule has 0 aliphatic rings. The Labute approximate surface area is 125 Å². The zero-order valence-electron chi connectivity index (χ0n) is 11.3. The molecule has 5 nitrogen and oxygen atoms in total. The van der Waals surface area contributed by atoms with Gasteiger partial charge in [-0.2, -0.15) is 0 Å². The molecule has 0 saturated carbocycles. The first-order chi connectivity index (χ1) is 9.65. The topological polar surface area (TPSA) is 63.7 Å². The second kappa shape index (κ2) is 7.04. The van der Waals surface area contributed by atoms with Crippen molar-refractivity contribution in [1.29, 1.82) is 0 Å². The average Bonchev–Trinajstić information content (AvgIpc) is 2.36. The summed E-state index contributed by atoms with van der Waals surface area (Å²) in [5.41, 5.74) is 0.255. The Balaban J connectivity index is 3.03. The number of methoxy groups -OCH3 is 1. The Morgan fingerprint density at radius 2 is 2.05 bits per heavy atom. The molecule has 9 heteroatoms. The number of halogens is 3. The second-order valence-corrected chi connectivity index (χ2v) is 6.82. The highest BCUT2D eigenvalue weighted by molar-refractivity contribution is 8.13. The third kappa shape index (κ3) is 5.13. The van der Waals surface area contributed by atoms with E-state index in [1.165, 1.54) is 32.4 Å². The van der Waals surface area contributed by atoms with E-state index in [2.05, 4.69) is 0 Å². The number of benzene rings is 1. The summed E-state index contributed by atoms with van der Waals surface area (Å²) in [6, 6.07) is 3.78. The smallest absolute Gasteiger partial charge is 0.261 e. The minimum Gasteiger partial charge on any atom is -0.496 e. The molecule has 0 aliphatic carbocycles. The molecule has 0 bridgehead atoms. The van der Waals surface area contributed by atoms with Gasteiger partial charge in [-0.25, -0.2) is 17.2 Å². The van der Waals surface area contributed by atoms with Gasteiger partial charge in [0, 0.05) is 23.3 Å². The highest BCUT2D eigenvalue weighted by Crippen LogP contribution is 2.25. The van der Waals surface area contributed by atoms with Crippen molar-refractivity contribution in [2.75, 3.05) is 20.7 Å². The molecule has 0 aromatic heterocycles. The number of hydrogen-bond acceptors (Lipinski definition) is 4. The number of likely N-dealkylation sites (N-methyl/N-ethyl adjacent to an activating group) is 1. The fraction of sp³-hybridized carbons (Fsp3) is 0.417. The fourth-order valence-corrected chi connectivity index (χ4v) is 2.45. The highest BCUT2D eigenvalue weighted by atomic mass is 35.7. The van der Waals surface area contributed by atoms with E-state index in [-0.39, 0.29) is 22.6 Å². The van der Waals surface area contributed by atoms with Crippen molar-refractivity contribution in [2.24, 2.45) is 0 Å². The van der Waals surface area contributed by atoms with Crippen LogP contribution in [-0.4, -0.2) is 46.4 Å². The van der Waals surface area contributed by atoms with Crippen LogP contribution in [0.5, 0.6) is 5.75 Å². The van der Waals surface area contributed by atoms with E-state index in [4.69, 9.17) is 15.4 Å². The lowest BCUT2D eigenvalue weighted by Crippen LogP contribution is -2.32. The molecule has 0 N–H and O–H groups in total. The third-order valence-corrected chi connectivity index (χ3v) is 4.06. The van der Waals surface area contributed by atoms with Gasteiger partial charge >= 0.3 is 0 Å². The van der Waals surface area contributed by atoms with Gasteiger partial charge in [0.05, 0.1) is 25.0 Å². The molecule has 0 atom stereocenters. The van der Waals surface area contributed by atoms with Crippen LogP contribution in [0.4, 0.5) is 8.78 Å². The van der Waals surface area contributed by atoms with Gasteiger partial charge in [-0.05, 0) is 18.2 Å². The van der Waals surface area contributed by atoms with Gasteiger partial charge in [-0.15, -0.1) is 0 Å². The van der Waals surface area contributed by atoms with Crippen LogP contribution in [0, 0.1) is 0 Å². The van der Waals surface area contributed by atoms with Crippen LogP contribution in [0.2, 0.25) is 0 Å². The van der Waals surface area contributed by atoms with Gasteiger partial charge in [0.15, 0.2) is 0 Å². The molecular weight excluding hydrogens is 328 g/mol. The number of carbonyl (C=O) groups excluding carboxylic acids is 1. The van der Waals surface area contributed by atoms with Crippen LogP contribution in [0.25, 0.3) is 0 Å². The Morgan fingerprint density at radius 1 is 1.43 bits per heavy atom. The van der Waals surface area contributed by atoms with Crippen LogP contribution in [0.3, 0.4) is 0 Å². The van der Waals surface area contributed by atoms with Crippen LogP contribution >= 0.6 is 10.7 Å². The molecule has 0 unspecified atom stereocenters. The van der Waals surface area contributed by atoms with E-state index >= 15 is 0 Å². The Morgan fingerprint density at radius 3 is 2.52 bits per heavy atom. The number of hydrogen-bond donors (Lipinski definition) is 0. The van der Waals surface area contributed by atoms with Crippen molar-refractivity contribution in [3.05, 3.63) is 23.8 Å². The van der Waals surface area contributed by atoms with Crippen molar-refractivity contribution in [3.63, 3.8) is 0 Å². The summed E-state index contributed by atoms with van der Waals surface area (Å²) in [5.74, 6) is -0.310. The predicted octanol–water partition coefficient (Wildman–Crippen LogP) is 1.89. The first-order valence-electron chi connectivity index (χ1n) is 5.79. The van der Waals surface area contributed by atoms with E-state index in [1.54, 1.807) is 0 Å². The second-order valence-electron chi connectivity index (χ2n) is 4.25. The maximum Gasteiger partial charge on any atom is 0.261 e. The molecule has 1 rings (SSSR count). The molecule has 21 heavy (non-hydrogen) atoms. The predicted molar refractivity (Wildman–Crippen MR) is 73.4 cm³/mol. The summed E-state index contributed by atoms with van der Waals surface area (Å²) in [5, 5.41) is 0. The van der Waals surface area contributed by atoms with Crippen LogP contribution in [0.15, 0.2) is 23.1 Å². The van der Waals surface area contributed by atoms with E-state index in [0.29, 0.717) is 0 Å². The van der Waals surface area contributed by atoms with Crippen LogP contribution in [-0.2, 0) is 20.3 Å². The Hall–Kier alpha value is -1.41. The zero-order valence-corrected chi connectivity index (χ0v) is 12.9. The van der Waals surface area contributed by atoms with Crippen molar-refractivity contribution in [1.82, 2.24) is 4.90 Å². The van der Waals surface area contributed by atoms with Gasteiger partial charge < -0.3 is 9.64 Å². The summed E-state index contributed by atoms with van der Waals surface area (Å²) >= 11 is 0. The Bertz CT molecular complexity index is 622. The molecule has 1 amide bonds. The molecule has 118 valence electrons. The number of amides is 1. The quantitative estimate of drug-likeness (QED) is 0.741. The SMILES string of the molecule is COc1ccc(S(=O)(=O)Cl)cc1CC(=O)N(C)CC(F)F. The molecule has 0 spiro atoms. The zero-order chi connectivity index (χ0) is 16.2. The summed E-state index contributed by atoms with van der Waals surface area (Å²) in [6.07, 6.45) is -2.91. The molecule has 0 heterocycles. The standard InChI is InChI=1S/C12H14ClF2NO4S/c1-16(7-11(14)15)12(17)6-8-5-9(21(13,18)19)3-4-10(8)20-2/h3-5,11H,6-7H2,1-2H3. The first-order valence-corrected chi connectivity index (χ1v) is 8.09. The van der Waals surface area contributed by atoms with E-state index in [1.807, 2.05) is 0 Å². The van der Waals surface area contributed by atoms with Crippen molar-refractivity contribution in [2.45, 2.75) is 17.7 Å². The summed E-state index contributed by atoms with van der Waals surface area (Å²) in [4.78, 5) is 12.5. The number of rotatable bonds is 6. The third-order valence-electron chi connectivity index (χ3n) is 2.71. The van der Waals surface area contributed by atoms with Gasteiger partial charge in [-0.3, -0.25) is 4.79 Å². The lowest BCUT2D eigenvalue weighted by molar-refractivity contribution is -0.130. The largest absolute Gasteiger partial charge is 0.496 e. The minimum atomic E-state index is -3.95. The number of ether oxygens (including phenoxy) is 1. The molecule has 0 saturated heterocycles. The highest BCUT2D eigenvalue weighted by Gasteiger charge is 2.19. The average molecular weight is 342 g/mol. The van der Waals surface area contributed by atoms with Crippen molar-refractivity contribution >= 4 is 25.6 Å². The maximum absolute atomic E-state index is 12.2. The molecule has 1 aromatic carbocycles. The normalized spacial score (nSPS) is 11.5. The molecule has 0 radical (unpaired) electrons. The molecule has 0 aliphatic heterocycles. The maximum atomic E-state index is 12.2. The van der Waals surface area contributed by atoms with Crippen LogP contribution in [0.1, 0.15) is 5.56 Å². The van der Waals surface area contributed by atoms with Crippen molar-refractivity contribution < 1.29 is 26.7 Å².